The molecule has 1 atom stereocenters. The minimum atomic E-state index is -0.154. The van der Waals surface area contributed by atoms with Gasteiger partial charge in [0.2, 0.25) is 0 Å². The third kappa shape index (κ3) is 4.37. The molecule has 2 aromatic heterocycles. The van der Waals surface area contributed by atoms with E-state index in [1.54, 1.807) is 19.2 Å². The van der Waals surface area contributed by atoms with Crippen molar-refractivity contribution in [3.8, 4) is 5.75 Å². The normalized spacial score (nSPS) is 18.9. The van der Waals surface area contributed by atoms with E-state index in [1.165, 1.54) is 25.5 Å². The first-order valence-electron chi connectivity index (χ1n) is 11.7. The Balaban J connectivity index is 1.44. The van der Waals surface area contributed by atoms with E-state index in [0.717, 1.165) is 30.0 Å². The first-order valence-corrected chi connectivity index (χ1v) is 11.7. The van der Waals surface area contributed by atoms with Crippen molar-refractivity contribution in [2.75, 3.05) is 33.3 Å². The van der Waals surface area contributed by atoms with Gasteiger partial charge in [-0.2, -0.15) is 0 Å². The zero-order valence-electron chi connectivity index (χ0n) is 19.0. The van der Waals surface area contributed by atoms with E-state index >= 15 is 0 Å². The molecule has 0 N–H and O–H groups in total. The SMILES string of the molecule is COc1ccccc1[C@H](c1nnnn1C1CCCCC1)N1CCN(C(=O)c2ccco2)CC1. The Labute approximate surface area is 193 Å². The van der Waals surface area contributed by atoms with Gasteiger partial charge < -0.3 is 14.1 Å². The second-order valence-corrected chi connectivity index (χ2v) is 8.72. The van der Waals surface area contributed by atoms with Crippen LogP contribution in [0.5, 0.6) is 5.75 Å². The number of hydrogen-bond acceptors (Lipinski definition) is 7. The highest BCUT2D eigenvalue weighted by Gasteiger charge is 2.35. The zero-order valence-corrected chi connectivity index (χ0v) is 19.0. The standard InChI is InChI=1S/C24H30N6O3/c1-32-20-11-6-5-10-19(20)22(23-25-26-27-30(23)18-8-3-2-4-9-18)28-13-15-29(16-14-28)24(31)21-12-7-17-33-21/h5-7,10-12,17-18,22H,2-4,8-9,13-16H2,1H3/t22-/m1/s1. The van der Waals surface area contributed by atoms with E-state index in [2.05, 4.69) is 26.5 Å². The first-order chi connectivity index (χ1) is 16.3. The Morgan fingerprint density at radius 2 is 1.85 bits per heavy atom. The van der Waals surface area contributed by atoms with Crippen LogP contribution in [0.3, 0.4) is 0 Å². The van der Waals surface area contributed by atoms with Crippen LogP contribution in [0.25, 0.3) is 0 Å². The highest BCUT2D eigenvalue weighted by atomic mass is 16.5. The third-order valence-electron chi connectivity index (χ3n) is 6.82. The minimum Gasteiger partial charge on any atom is -0.496 e. The van der Waals surface area contributed by atoms with Gasteiger partial charge in [-0.05, 0) is 41.5 Å². The molecule has 2 fully saturated rings. The Hall–Kier alpha value is -3.20. The molecule has 1 aliphatic carbocycles. The highest BCUT2D eigenvalue weighted by molar-refractivity contribution is 5.91. The molecule has 0 unspecified atom stereocenters. The van der Waals surface area contributed by atoms with E-state index in [1.807, 2.05) is 27.8 Å². The van der Waals surface area contributed by atoms with E-state index < -0.39 is 0 Å². The Morgan fingerprint density at radius 1 is 1.06 bits per heavy atom. The van der Waals surface area contributed by atoms with Gasteiger partial charge in [-0.3, -0.25) is 9.69 Å². The van der Waals surface area contributed by atoms with Crippen LogP contribution >= 0.6 is 0 Å². The number of nitrogens with zero attached hydrogens (tertiary/aromatic N) is 6. The van der Waals surface area contributed by atoms with E-state index in [0.29, 0.717) is 38.0 Å². The van der Waals surface area contributed by atoms with Crippen LogP contribution in [0.15, 0.2) is 47.1 Å². The number of piperazine rings is 1. The molecule has 1 aromatic carbocycles. The fraction of sp³-hybridized carbons (Fsp3) is 0.500. The molecule has 2 aliphatic rings. The van der Waals surface area contributed by atoms with Crippen molar-refractivity contribution in [1.29, 1.82) is 0 Å². The molecule has 3 aromatic rings. The number of furan rings is 1. The van der Waals surface area contributed by atoms with Gasteiger partial charge in [0.15, 0.2) is 11.6 Å². The number of hydrogen-bond donors (Lipinski definition) is 0. The summed E-state index contributed by atoms with van der Waals surface area (Å²) in [4.78, 5) is 17.0. The summed E-state index contributed by atoms with van der Waals surface area (Å²) in [7, 11) is 1.69. The summed E-state index contributed by atoms with van der Waals surface area (Å²) in [6.45, 7) is 2.62. The van der Waals surface area contributed by atoms with Crippen molar-refractivity contribution in [3.63, 3.8) is 0 Å². The molecule has 33 heavy (non-hydrogen) atoms. The lowest BCUT2D eigenvalue weighted by molar-refractivity contribution is 0.0555. The number of carbonyl (C=O) groups excluding carboxylic acids is 1. The van der Waals surface area contributed by atoms with Crippen molar-refractivity contribution in [2.24, 2.45) is 0 Å². The first kappa shape index (κ1) is 21.6. The van der Waals surface area contributed by atoms with Crippen LogP contribution < -0.4 is 4.74 Å². The number of rotatable bonds is 6. The molecule has 3 heterocycles. The van der Waals surface area contributed by atoms with Crippen molar-refractivity contribution in [1.82, 2.24) is 30.0 Å². The molecular weight excluding hydrogens is 420 g/mol. The quantitative estimate of drug-likeness (QED) is 0.569. The van der Waals surface area contributed by atoms with Crippen LogP contribution in [-0.2, 0) is 0 Å². The highest BCUT2D eigenvalue weighted by Crippen LogP contribution is 2.37. The largest absolute Gasteiger partial charge is 0.496 e. The fourth-order valence-corrected chi connectivity index (χ4v) is 5.10. The average molecular weight is 451 g/mol. The summed E-state index contributed by atoms with van der Waals surface area (Å²) in [6.07, 6.45) is 7.42. The number of aromatic nitrogens is 4. The molecule has 0 radical (unpaired) electrons. The fourth-order valence-electron chi connectivity index (χ4n) is 5.10. The summed E-state index contributed by atoms with van der Waals surface area (Å²) in [5.74, 6) is 1.97. The third-order valence-corrected chi connectivity index (χ3v) is 6.82. The van der Waals surface area contributed by atoms with Crippen LogP contribution in [0, 0.1) is 0 Å². The molecule has 9 heteroatoms. The van der Waals surface area contributed by atoms with Crippen LogP contribution in [0.2, 0.25) is 0 Å². The lowest BCUT2D eigenvalue weighted by atomic mass is 9.95. The summed E-state index contributed by atoms with van der Waals surface area (Å²) in [5, 5.41) is 13.0. The molecular formula is C24H30N6O3. The van der Waals surface area contributed by atoms with Gasteiger partial charge in [0.05, 0.1) is 19.4 Å². The summed E-state index contributed by atoms with van der Waals surface area (Å²) in [5.41, 5.74) is 1.04. The molecule has 0 bridgehead atoms. The number of tetrazole rings is 1. The van der Waals surface area contributed by atoms with Gasteiger partial charge in [0.25, 0.3) is 5.91 Å². The Bertz CT molecular complexity index is 1050. The second kappa shape index (κ2) is 9.74. The number of carbonyl (C=O) groups is 1. The predicted octanol–water partition coefficient (Wildman–Crippen LogP) is 3.33. The maximum Gasteiger partial charge on any atom is 0.289 e. The smallest absolute Gasteiger partial charge is 0.289 e. The van der Waals surface area contributed by atoms with E-state index in [9.17, 15) is 4.79 Å². The van der Waals surface area contributed by atoms with Gasteiger partial charge in [0.1, 0.15) is 11.8 Å². The predicted molar refractivity (Wildman–Crippen MR) is 121 cm³/mol. The van der Waals surface area contributed by atoms with Crippen molar-refractivity contribution in [3.05, 3.63) is 59.8 Å². The van der Waals surface area contributed by atoms with Gasteiger partial charge >= 0.3 is 0 Å². The number of benzene rings is 1. The molecule has 9 nitrogen and oxygen atoms in total. The Morgan fingerprint density at radius 3 is 2.58 bits per heavy atom. The molecule has 0 spiro atoms. The molecule has 5 rings (SSSR count). The summed E-state index contributed by atoms with van der Waals surface area (Å²) < 4.78 is 13.1. The molecule has 174 valence electrons. The van der Waals surface area contributed by atoms with Crippen LogP contribution in [0.1, 0.15) is 66.1 Å². The number of methoxy groups -OCH3 is 1. The Kier molecular flexibility index (Phi) is 6.39. The van der Waals surface area contributed by atoms with Crippen LogP contribution in [0.4, 0.5) is 0 Å². The zero-order chi connectivity index (χ0) is 22.6. The van der Waals surface area contributed by atoms with Gasteiger partial charge in [0, 0.05) is 31.7 Å². The van der Waals surface area contributed by atoms with Crippen LogP contribution in [-0.4, -0.2) is 69.2 Å². The maximum absolute atomic E-state index is 12.8. The van der Waals surface area contributed by atoms with Crippen molar-refractivity contribution in [2.45, 2.75) is 44.2 Å². The van der Waals surface area contributed by atoms with E-state index in [4.69, 9.17) is 9.15 Å². The molecule has 1 saturated carbocycles. The minimum absolute atomic E-state index is 0.0690. The van der Waals surface area contributed by atoms with Crippen molar-refractivity contribution >= 4 is 5.91 Å². The van der Waals surface area contributed by atoms with Crippen molar-refractivity contribution < 1.29 is 13.9 Å². The van der Waals surface area contributed by atoms with Gasteiger partial charge in [-0.15, -0.1) is 5.10 Å². The number of amides is 1. The lowest BCUT2D eigenvalue weighted by Gasteiger charge is -2.39. The number of para-hydroxylation sites is 1. The van der Waals surface area contributed by atoms with Gasteiger partial charge in [-0.1, -0.05) is 37.5 Å². The maximum atomic E-state index is 12.8. The summed E-state index contributed by atoms with van der Waals surface area (Å²) >= 11 is 0. The van der Waals surface area contributed by atoms with Gasteiger partial charge in [-0.25, -0.2) is 4.68 Å². The second-order valence-electron chi connectivity index (χ2n) is 8.72. The average Bonchev–Trinajstić information content (AvgIpc) is 3.58. The summed E-state index contributed by atoms with van der Waals surface area (Å²) in [6, 6.07) is 11.7. The monoisotopic (exact) mass is 450 g/mol. The molecule has 1 amide bonds. The number of ether oxygens (including phenoxy) is 1. The molecule has 1 saturated heterocycles. The molecule has 1 aliphatic heterocycles. The topological polar surface area (TPSA) is 89.5 Å². The van der Waals surface area contributed by atoms with E-state index in [-0.39, 0.29) is 11.9 Å². The lowest BCUT2D eigenvalue weighted by Crippen LogP contribution is -2.50.